The Morgan fingerprint density at radius 2 is 2.24 bits per heavy atom. The van der Waals surface area contributed by atoms with Gasteiger partial charge in [0.2, 0.25) is 0 Å². The molecule has 1 aliphatic heterocycles. The van der Waals surface area contributed by atoms with Crippen molar-refractivity contribution < 1.29 is 0 Å². The second-order valence-corrected chi connectivity index (χ2v) is 4.86. The maximum absolute atomic E-state index is 8.70. The van der Waals surface area contributed by atoms with Crippen molar-refractivity contribution in [2.75, 3.05) is 20.4 Å². The fourth-order valence-corrected chi connectivity index (χ4v) is 2.23. The SMILES string of the molecule is CN1CN=C(SCc2ccc(C#N)cc2)NC1. The number of hydrogen-bond acceptors (Lipinski definition) is 5. The Labute approximate surface area is 105 Å². The summed E-state index contributed by atoms with van der Waals surface area (Å²) in [6.45, 7) is 1.60. The molecule has 1 N–H and O–H groups in total. The largest absolute Gasteiger partial charge is 0.352 e. The zero-order chi connectivity index (χ0) is 12.1. The van der Waals surface area contributed by atoms with Gasteiger partial charge in [0.05, 0.1) is 25.0 Å². The van der Waals surface area contributed by atoms with E-state index < -0.39 is 0 Å². The Kier molecular flexibility index (Phi) is 4.02. The summed E-state index contributed by atoms with van der Waals surface area (Å²) in [4.78, 5) is 6.50. The fraction of sp³-hybridized carbons (Fsp3) is 0.333. The number of rotatable bonds is 2. The highest BCUT2D eigenvalue weighted by atomic mass is 32.2. The fourth-order valence-electron chi connectivity index (χ4n) is 1.42. The Morgan fingerprint density at radius 1 is 1.47 bits per heavy atom. The molecule has 2 rings (SSSR count). The molecule has 0 aromatic heterocycles. The summed E-state index contributed by atoms with van der Waals surface area (Å²) in [7, 11) is 2.03. The van der Waals surface area contributed by atoms with Crippen LogP contribution >= 0.6 is 11.8 Å². The van der Waals surface area contributed by atoms with Crippen LogP contribution in [0.4, 0.5) is 0 Å². The Hall–Kier alpha value is -1.51. The van der Waals surface area contributed by atoms with Crippen LogP contribution in [0, 0.1) is 11.3 Å². The number of nitrogens with zero attached hydrogens (tertiary/aromatic N) is 3. The van der Waals surface area contributed by atoms with Crippen LogP contribution in [-0.2, 0) is 5.75 Å². The molecule has 0 unspecified atom stereocenters. The molecule has 1 aromatic carbocycles. The molecule has 17 heavy (non-hydrogen) atoms. The van der Waals surface area contributed by atoms with Crippen molar-refractivity contribution in [3.63, 3.8) is 0 Å². The summed E-state index contributed by atoms with van der Waals surface area (Å²) in [6, 6.07) is 9.78. The van der Waals surface area contributed by atoms with Crippen LogP contribution in [0.15, 0.2) is 29.3 Å². The zero-order valence-electron chi connectivity index (χ0n) is 9.68. The summed E-state index contributed by atoms with van der Waals surface area (Å²) < 4.78 is 0. The van der Waals surface area contributed by atoms with Crippen molar-refractivity contribution in [2.24, 2.45) is 4.99 Å². The van der Waals surface area contributed by atoms with Crippen molar-refractivity contribution >= 4 is 16.9 Å². The smallest absolute Gasteiger partial charge is 0.159 e. The molecule has 4 nitrogen and oxygen atoms in total. The van der Waals surface area contributed by atoms with Crippen molar-refractivity contribution in [1.29, 1.82) is 5.26 Å². The van der Waals surface area contributed by atoms with Gasteiger partial charge in [-0.15, -0.1) is 0 Å². The minimum Gasteiger partial charge on any atom is -0.352 e. The number of benzene rings is 1. The van der Waals surface area contributed by atoms with E-state index in [0.29, 0.717) is 5.56 Å². The van der Waals surface area contributed by atoms with E-state index in [1.54, 1.807) is 11.8 Å². The van der Waals surface area contributed by atoms with Gasteiger partial charge in [0.1, 0.15) is 0 Å². The Bertz CT molecular complexity index is 447. The molecule has 0 fully saturated rings. The highest BCUT2D eigenvalue weighted by Crippen LogP contribution is 2.14. The zero-order valence-corrected chi connectivity index (χ0v) is 10.5. The standard InChI is InChI=1S/C12H14N4S/c1-16-8-14-12(15-9-16)17-7-11-4-2-10(6-13)3-5-11/h2-5H,7-9H2,1H3,(H,14,15). The van der Waals surface area contributed by atoms with Crippen LogP contribution in [0.5, 0.6) is 0 Å². The molecular formula is C12H14N4S. The highest BCUT2D eigenvalue weighted by molar-refractivity contribution is 8.13. The molecule has 88 valence electrons. The molecular weight excluding hydrogens is 232 g/mol. The molecule has 0 saturated carbocycles. The van der Waals surface area contributed by atoms with Crippen molar-refractivity contribution in [3.8, 4) is 6.07 Å². The molecule has 5 heteroatoms. The monoisotopic (exact) mass is 246 g/mol. The van der Waals surface area contributed by atoms with Crippen LogP contribution in [0.2, 0.25) is 0 Å². The van der Waals surface area contributed by atoms with Crippen LogP contribution in [0.1, 0.15) is 11.1 Å². The van der Waals surface area contributed by atoms with Gasteiger partial charge in [-0.3, -0.25) is 4.90 Å². The number of nitrogens with one attached hydrogen (secondary N) is 1. The molecule has 1 aromatic rings. The average molecular weight is 246 g/mol. The molecule has 0 radical (unpaired) electrons. The number of aliphatic imine (C=N–C) groups is 1. The van der Waals surface area contributed by atoms with E-state index in [1.165, 1.54) is 5.56 Å². The van der Waals surface area contributed by atoms with E-state index in [4.69, 9.17) is 5.26 Å². The van der Waals surface area contributed by atoms with E-state index in [1.807, 2.05) is 31.3 Å². The summed E-state index contributed by atoms with van der Waals surface area (Å²) >= 11 is 1.70. The lowest BCUT2D eigenvalue weighted by Gasteiger charge is -2.22. The predicted octanol–water partition coefficient (Wildman–Crippen LogP) is 1.60. The Balaban J connectivity index is 1.87. The van der Waals surface area contributed by atoms with Crippen LogP contribution < -0.4 is 5.32 Å². The Morgan fingerprint density at radius 3 is 2.82 bits per heavy atom. The van der Waals surface area contributed by atoms with Gasteiger partial charge in [-0.25, -0.2) is 4.99 Å². The first-order valence-corrected chi connectivity index (χ1v) is 6.35. The summed E-state index contributed by atoms with van der Waals surface area (Å²) in [5.41, 5.74) is 1.91. The van der Waals surface area contributed by atoms with Gasteiger partial charge >= 0.3 is 0 Å². The first kappa shape index (κ1) is 12.0. The quantitative estimate of drug-likeness (QED) is 0.861. The van der Waals surface area contributed by atoms with Gasteiger partial charge in [0, 0.05) is 5.75 Å². The topological polar surface area (TPSA) is 51.4 Å². The third kappa shape index (κ3) is 3.48. The summed E-state index contributed by atoms with van der Waals surface area (Å²) in [5.74, 6) is 0.876. The van der Waals surface area contributed by atoms with Gasteiger partial charge in [0.25, 0.3) is 0 Å². The van der Waals surface area contributed by atoms with Crippen molar-refractivity contribution in [2.45, 2.75) is 5.75 Å². The van der Waals surface area contributed by atoms with E-state index in [0.717, 1.165) is 24.3 Å². The number of hydrogen-bond donors (Lipinski definition) is 1. The first-order chi connectivity index (χ1) is 8.28. The van der Waals surface area contributed by atoms with Gasteiger partial charge < -0.3 is 5.32 Å². The number of nitriles is 1. The number of thioether (sulfide) groups is 1. The van der Waals surface area contributed by atoms with E-state index in [-0.39, 0.29) is 0 Å². The maximum Gasteiger partial charge on any atom is 0.159 e. The predicted molar refractivity (Wildman–Crippen MR) is 70.5 cm³/mol. The molecule has 0 amide bonds. The molecule has 0 atom stereocenters. The van der Waals surface area contributed by atoms with Crippen molar-refractivity contribution in [3.05, 3.63) is 35.4 Å². The van der Waals surface area contributed by atoms with E-state index in [9.17, 15) is 0 Å². The van der Waals surface area contributed by atoms with Gasteiger partial charge in [-0.1, -0.05) is 23.9 Å². The first-order valence-electron chi connectivity index (χ1n) is 5.36. The lowest BCUT2D eigenvalue weighted by Crippen LogP contribution is -2.39. The van der Waals surface area contributed by atoms with Crippen LogP contribution in [-0.4, -0.2) is 30.5 Å². The summed E-state index contributed by atoms with van der Waals surface area (Å²) in [6.07, 6.45) is 0. The van der Waals surface area contributed by atoms with Gasteiger partial charge in [-0.05, 0) is 24.7 Å². The minimum absolute atomic E-state index is 0.702. The molecule has 0 aliphatic carbocycles. The van der Waals surface area contributed by atoms with Gasteiger partial charge in [0.15, 0.2) is 5.17 Å². The van der Waals surface area contributed by atoms with Crippen LogP contribution in [0.25, 0.3) is 0 Å². The second kappa shape index (κ2) is 5.71. The molecule has 0 saturated heterocycles. The molecule has 1 heterocycles. The van der Waals surface area contributed by atoms with E-state index >= 15 is 0 Å². The summed E-state index contributed by atoms with van der Waals surface area (Å²) in [5, 5.41) is 12.9. The maximum atomic E-state index is 8.70. The number of amidine groups is 1. The lowest BCUT2D eigenvalue weighted by atomic mass is 10.2. The molecule has 0 bridgehead atoms. The third-order valence-corrected chi connectivity index (χ3v) is 3.44. The minimum atomic E-state index is 0.702. The van der Waals surface area contributed by atoms with E-state index in [2.05, 4.69) is 21.3 Å². The van der Waals surface area contributed by atoms with Gasteiger partial charge in [-0.2, -0.15) is 5.26 Å². The lowest BCUT2D eigenvalue weighted by molar-refractivity contribution is 0.326. The highest BCUT2D eigenvalue weighted by Gasteiger charge is 2.08. The van der Waals surface area contributed by atoms with Crippen LogP contribution in [0.3, 0.4) is 0 Å². The molecule has 0 spiro atoms. The second-order valence-electron chi connectivity index (χ2n) is 3.89. The third-order valence-electron chi connectivity index (χ3n) is 2.41. The average Bonchev–Trinajstić information content (AvgIpc) is 2.39. The molecule has 1 aliphatic rings. The van der Waals surface area contributed by atoms with Crippen molar-refractivity contribution in [1.82, 2.24) is 10.2 Å². The normalized spacial score (nSPS) is 15.9.